The molecule has 0 aliphatic heterocycles. The first-order valence-corrected chi connectivity index (χ1v) is 8.57. The summed E-state index contributed by atoms with van der Waals surface area (Å²) in [7, 11) is 0. The van der Waals surface area contributed by atoms with Gasteiger partial charge in [0.25, 0.3) is 11.8 Å². The van der Waals surface area contributed by atoms with E-state index in [-0.39, 0.29) is 17.5 Å². The Bertz CT molecular complexity index is 881. The van der Waals surface area contributed by atoms with Crippen LogP contribution in [0, 0.1) is 0 Å². The van der Waals surface area contributed by atoms with Gasteiger partial charge in [-0.25, -0.2) is 4.98 Å². The molecule has 3 aromatic rings. The van der Waals surface area contributed by atoms with Crippen LogP contribution in [0.2, 0.25) is 5.02 Å². The van der Waals surface area contributed by atoms with E-state index in [1.807, 2.05) is 6.07 Å². The van der Waals surface area contributed by atoms with Crippen molar-refractivity contribution in [2.75, 3.05) is 5.32 Å². The number of hydrogen-bond acceptors (Lipinski definition) is 5. The molecule has 0 aliphatic rings. The first kappa shape index (κ1) is 17.1. The number of aromatic nitrogens is 2. The molecule has 0 atom stereocenters. The zero-order valence-corrected chi connectivity index (χ0v) is 14.5. The summed E-state index contributed by atoms with van der Waals surface area (Å²) in [5, 5.41) is 7.92. The lowest BCUT2D eigenvalue weighted by molar-refractivity contribution is 0.0945. The van der Waals surface area contributed by atoms with Gasteiger partial charge in [0.15, 0.2) is 5.13 Å². The van der Waals surface area contributed by atoms with E-state index >= 15 is 0 Å². The van der Waals surface area contributed by atoms with Crippen LogP contribution < -0.4 is 10.6 Å². The average molecular weight is 373 g/mol. The summed E-state index contributed by atoms with van der Waals surface area (Å²) >= 11 is 6.98. The third-order valence-corrected chi connectivity index (χ3v) is 4.25. The molecule has 0 bridgehead atoms. The maximum Gasteiger partial charge on any atom is 0.271 e. The first-order chi connectivity index (χ1) is 12.1. The summed E-state index contributed by atoms with van der Waals surface area (Å²) in [6.45, 7) is 0.358. The summed E-state index contributed by atoms with van der Waals surface area (Å²) in [6, 6.07) is 10.2. The Morgan fingerprint density at radius 3 is 2.64 bits per heavy atom. The lowest BCUT2D eigenvalue weighted by atomic mass is 10.2. The van der Waals surface area contributed by atoms with E-state index in [1.54, 1.807) is 48.1 Å². The number of rotatable bonds is 5. The Morgan fingerprint density at radius 2 is 1.92 bits per heavy atom. The van der Waals surface area contributed by atoms with Crippen LogP contribution in [-0.2, 0) is 6.54 Å². The topological polar surface area (TPSA) is 84.0 Å². The van der Waals surface area contributed by atoms with Crippen molar-refractivity contribution in [2.24, 2.45) is 0 Å². The number of thiazole rings is 1. The molecule has 8 heteroatoms. The van der Waals surface area contributed by atoms with E-state index in [4.69, 9.17) is 11.6 Å². The molecule has 3 rings (SSSR count). The predicted molar refractivity (Wildman–Crippen MR) is 96.9 cm³/mol. The summed E-state index contributed by atoms with van der Waals surface area (Å²) < 4.78 is 0. The van der Waals surface area contributed by atoms with Gasteiger partial charge in [-0.3, -0.25) is 19.9 Å². The van der Waals surface area contributed by atoms with Crippen molar-refractivity contribution >= 4 is 39.9 Å². The van der Waals surface area contributed by atoms with Crippen LogP contribution in [0.25, 0.3) is 0 Å². The van der Waals surface area contributed by atoms with Crippen LogP contribution in [0.4, 0.5) is 5.13 Å². The number of carbonyl (C=O) groups is 2. The minimum atomic E-state index is -0.313. The third kappa shape index (κ3) is 4.62. The first-order valence-electron chi connectivity index (χ1n) is 7.31. The van der Waals surface area contributed by atoms with Gasteiger partial charge in [0.2, 0.25) is 0 Å². The fourth-order valence-corrected chi connectivity index (χ4v) is 2.79. The van der Waals surface area contributed by atoms with E-state index in [0.717, 1.165) is 5.56 Å². The molecule has 0 unspecified atom stereocenters. The molecule has 2 heterocycles. The van der Waals surface area contributed by atoms with Gasteiger partial charge in [-0.05, 0) is 35.9 Å². The van der Waals surface area contributed by atoms with E-state index in [0.29, 0.717) is 22.3 Å². The standard InChI is InChI=1S/C17H13ClN4O2S/c18-13-5-3-12(4-6-13)15(23)22-17-21-14(10-25-17)16(24)20-9-11-2-1-7-19-8-11/h1-8,10H,9H2,(H,20,24)(H,21,22,23). The number of carbonyl (C=O) groups excluding carboxylic acids is 2. The average Bonchev–Trinajstić information content (AvgIpc) is 3.09. The number of hydrogen-bond donors (Lipinski definition) is 2. The molecule has 2 aromatic heterocycles. The Morgan fingerprint density at radius 1 is 1.12 bits per heavy atom. The summed E-state index contributed by atoms with van der Waals surface area (Å²) in [5.41, 5.74) is 1.60. The number of benzene rings is 1. The molecule has 6 nitrogen and oxygen atoms in total. The zero-order chi connectivity index (χ0) is 17.6. The highest BCUT2D eigenvalue weighted by Crippen LogP contribution is 2.17. The van der Waals surface area contributed by atoms with Crippen LogP contribution in [0.3, 0.4) is 0 Å². The number of pyridine rings is 1. The number of nitrogens with one attached hydrogen (secondary N) is 2. The smallest absolute Gasteiger partial charge is 0.271 e. The summed E-state index contributed by atoms with van der Waals surface area (Å²) in [5.74, 6) is -0.625. The highest BCUT2D eigenvalue weighted by Gasteiger charge is 2.13. The molecule has 2 amide bonds. The fourth-order valence-electron chi connectivity index (χ4n) is 1.98. The lowest BCUT2D eigenvalue weighted by Gasteiger charge is -2.03. The molecule has 1 aromatic carbocycles. The molecule has 0 radical (unpaired) electrons. The quantitative estimate of drug-likeness (QED) is 0.719. The van der Waals surface area contributed by atoms with Gasteiger partial charge in [0.1, 0.15) is 5.69 Å². The Hall–Kier alpha value is -2.77. The van der Waals surface area contributed by atoms with Crippen molar-refractivity contribution in [1.82, 2.24) is 15.3 Å². The van der Waals surface area contributed by atoms with Crippen molar-refractivity contribution in [3.8, 4) is 0 Å². The minimum Gasteiger partial charge on any atom is -0.347 e. The maximum atomic E-state index is 12.1. The minimum absolute atomic E-state index is 0.250. The SMILES string of the molecule is O=C(Nc1nc(C(=O)NCc2cccnc2)cs1)c1ccc(Cl)cc1. The molecular weight excluding hydrogens is 360 g/mol. The Kier molecular flexibility index (Phi) is 5.37. The molecule has 126 valence electrons. The van der Waals surface area contributed by atoms with E-state index in [9.17, 15) is 9.59 Å². The van der Waals surface area contributed by atoms with Crippen molar-refractivity contribution in [2.45, 2.75) is 6.54 Å². The maximum absolute atomic E-state index is 12.1. The van der Waals surface area contributed by atoms with Gasteiger partial charge in [-0.15, -0.1) is 11.3 Å². The Labute approximate surface area is 152 Å². The van der Waals surface area contributed by atoms with Gasteiger partial charge in [-0.1, -0.05) is 17.7 Å². The molecule has 0 fully saturated rings. The van der Waals surface area contributed by atoms with Gasteiger partial charge in [0, 0.05) is 34.9 Å². The molecule has 25 heavy (non-hydrogen) atoms. The second-order valence-corrected chi connectivity index (χ2v) is 6.34. The van der Waals surface area contributed by atoms with E-state index in [1.165, 1.54) is 11.3 Å². The summed E-state index contributed by atoms with van der Waals surface area (Å²) in [6.07, 6.45) is 3.35. The van der Waals surface area contributed by atoms with Crippen LogP contribution in [0.15, 0.2) is 54.2 Å². The van der Waals surface area contributed by atoms with E-state index in [2.05, 4.69) is 20.6 Å². The van der Waals surface area contributed by atoms with Crippen molar-refractivity contribution in [3.05, 3.63) is 76.0 Å². The fraction of sp³-hybridized carbons (Fsp3) is 0.0588. The molecular formula is C17H13ClN4O2S. The third-order valence-electron chi connectivity index (χ3n) is 3.24. The number of amides is 2. The molecule has 0 aliphatic carbocycles. The van der Waals surface area contributed by atoms with Crippen LogP contribution in [-0.4, -0.2) is 21.8 Å². The van der Waals surface area contributed by atoms with Gasteiger partial charge in [0.05, 0.1) is 0 Å². The van der Waals surface area contributed by atoms with Crippen molar-refractivity contribution < 1.29 is 9.59 Å². The number of anilines is 1. The molecule has 2 N–H and O–H groups in total. The predicted octanol–water partition coefficient (Wildman–Crippen LogP) is 3.37. The monoisotopic (exact) mass is 372 g/mol. The normalized spacial score (nSPS) is 10.3. The second-order valence-electron chi connectivity index (χ2n) is 5.04. The highest BCUT2D eigenvalue weighted by atomic mass is 35.5. The number of halogens is 1. The summed E-state index contributed by atoms with van der Waals surface area (Å²) in [4.78, 5) is 32.4. The molecule has 0 saturated carbocycles. The van der Waals surface area contributed by atoms with Crippen molar-refractivity contribution in [1.29, 1.82) is 0 Å². The van der Waals surface area contributed by atoms with Crippen LogP contribution in [0.5, 0.6) is 0 Å². The van der Waals surface area contributed by atoms with Crippen molar-refractivity contribution in [3.63, 3.8) is 0 Å². The largest absolute Gasteiger partial charge is 0.347 e. The van der Waals surface area contributed by atoms with Crippen LogP contribution in [0.1, 0.15) is 26.4 Å². The van der Waals surface area contributed by atoms with E-state index < -0.39 is 0 Å². The Balaban J connectivity index is 1.59. The highest BCUT2D eigenvalue weighted by molar-refractivity contribution is 7.14. The second kappa shape index (κ2) is 7.87. The van der Waals surface area contributed by atoms with Gasteiger partial charge in [-0.2, -0.15) is 0 Å². The molecule has 0 spiro atoms. The van der Waals surface area contributed by atoms with Gasteiger partial charge >= 0.3 is 0 Å². The van der Waals surface area contributed by atoms with Crippen LogP contribution >= 0.6 is 22.9 Å². The van der Waals surface area contributed by atoms with Gasteiger partial charge < -0.3 is 5.32 Å². The zero-order valence-electron chi connectivity index (χ0n) is 12.9. The lowest BCUT2D eigenvalue weighted by Crippen LogP contribution is -2.23. The number of nitrogens with zero attached hydrogens (tertiary/aromatic N) is 2. The molecule has 0 saturated heterocycles.